The third-order valence-electron chi connectivity index (χ3n) is 4.47. The molecule has 5 nitrogen and oxygen atoms in total. The minimum atomic E-state index is 0.0971. The first-order chi connectivity index (χ1) is 11.1. The second-order valence-electron chi connectivity index (χ2n) is 6.21. The molecule has 0 heterocycles. The molecule has 23 heavy (non-hydrogen) atoms. The lowest BCUT2D eigenvalue weighted by Crippen LogP contribution is -2.38. The number of hydrogen-bond acceptors (Lipinski definition) is 4. The molecule has 0 saturated heterocycles. The molecule has 1 fully saturated rings. The first-order valence-electron chi connectivity index (χ1n) is 8.38. The van der Waals surface area contributed by atoms with Crippen molar-refractivity contribution in [3.05, 3.63) is 23.8 Å². The van der Waals surface area contributed by atoms with Crippen LogP contribution in [0, 0.1) is 5.92 Å². The van der Waals surface area contributed by atoms with E-state index in [1.807, 2.05) is 18.2 Å². The first-order valence-corrected chi connectivity index (χ1v) is 8.38. The van der Waals surface area contributed by atoms with Crippen molar-refractivity contribution < 1.29 is 14.3 Å². The van der Waals surface area contributed by atoms with Crippen LogP contribution in [0.15, 0.2) is 18.2 Å². The quantitative estimate of drug-likeness (QED) is 0.756. The second kappa shape index (κ2) is 8.77. The smallest absolute Gasteiger partial charge is 0.223 e. The predicted molar refractivity (Wildman–Crippen MR) is 90.8 cm³/mol. The van der Waals surface area contributed by atoms with Crippen molar-refractivity contribution in [2.24, 2.45) is 11.7 Å². The molecule has 2 unspecified atom stereocenters. The maximum atomic E-state index is 12.1. The SMILES string of the molecule is COc1ccc(CCCNC(=O)C2CCCC(N)C2)cc1OC. The number of benzene rings is 1. The van der Waals surface area contributed by atoms with Crippen LogP contribution in [0.1, 0.15) is 37.7 Å². The highest BCUT2D eigenvalue weighted by Gasteiger charge is 2.24. The van der Waals surface area contributed by atoms with Crippen LogP contribution in [0.4, 0.5) is 0 Å². The van der Waals surface area contributed by atoms with Crippen LogP contribution in [-0.2, 0) is 11.2 Å². The molecule has 128 valence electrons. The fourth-order valence-corrected chi connectivity index (χ4v) is 3.15. The number of aryl methyl sites for hydroxylation is 1. The summed E-state index contributed by atoms with van der Waals surface area (Å²) in [6, 6.07) is 6.12. The number of hydrogen-bond donors (Lipinski definition) is 2. The van der Waals surface area contributed by atoms with Crippen molar-refractivity contribution in [2.45, 2.75) is 44.6 Å². The molecule has 0 aliphatic heterocycles. The topological polar surface area (TPSA) is 73.6 Å². The number of amides is 1. The van der Waals surface area contributed by atoms with Crippen molar-refractivity contribution in [1.29, 1.82) is 0 Å². The molecule has 0 radical (unpaired) electrons. The summed E-state index contributed by atoms with van der Waals surface area (Å²) in [6.07, 6.45) is 5.69. The van der Waals surface area contributed by atoms with E-state index in [1.165, 1.54) is 5.56 Å². The molecule has 1 saturated carbocycles. The van der Waals surface area contributed by atoms with E-state index in [2.05, 4.69) is 5.32 Å². The summed E-state index contributed by atoms with van der Waals surface area (Å²) >= 11 is 0. The van der Waals surface area contributed by atoms with Crippen LogP contribution < -0.4 is 20.5 Å². The minimum absolute atomic E-state index is 0.0971. The Hall–Kier alpha value is -1.75. The third-order valence-corrected chi connectivity index (χ3v) is 4.47. The van der Waals surface area contributed by atoms with Crippen molar-refractivity contribution in [3.63, 3.8) is 0 Å². The lowest BCUT2D eigenvalue weighted by Gasteiger charge is -2.25. The monoisotopic (exact) mass is 320 g/mol. The van der Waals surface area contributed by atoms with Crippen molar-refractivity contribution >= 4 is 5.91 Å². The van der Waals surface area contributed by atoms with Gasteiger partial charge in [-0.2, -0.15) is 0 Å². The summed E-state index contributed by atoms with van der Waals surface area (Å²) in [7, 11) is 3.26. The van der Waals surface area contributed by atoms with Crippen molar-refractivity contribution in [1.82, 2.24) is 5.32 Å². The highest BCUT2D eigenvalue weighted by Crippen LogP contribution is 2.28. The number of carbonyl (C=O) groups excluding carboxylic acids is 1. The molecule has 1 aliphatic carbocycles. The third kappa shape index (κ3) is 5.13. The Morgan fingerprint density at radius 1 is 1.26 bits per heavy atom. The van der Waals surface area contributed by atoms with Gasteiger partial charge in [0.05, 0.1) is 14.2 Å². The van der Waals surface area contributed by atoms with E-state index in [9.17, 15) is 4.79 Å². The average Bonchev–Trinajstić information content (AvgIpc) is 2.58. The van der Waals surface area contributed by atoms with E-state index in [0.717, 1.165) is 50.0 Å². The molecule has 3 N–H and O–H groups in total. The van der Waals surface area contributed by atoms with Gasteiger partial charge in [0.25, 0.3) is 0 Å². The standard InChI is InChI=1S/C18H28N2O3/c1-22-16-9-8-13(11-17(16)23-2)5-4-10-20-18(21)14-6-3-7-15(19)12-14/h8-9,11,14-15H,3-7,10,12,19H2,1-2H3,(H,20,21). The lowest BCUT2D eigenvalue weighted by molar-refractivity contribution is -0.126. The van der Waals surface area contributed by atoms with Crippen LogP contribution in [-0.4, -0.2) is 32.7 Å². The van der Waals surface area contributed by atoms with E-state index < -0.39 is 0 Å². The van der Waals surface area contributed by atoms with Gasteiger partial charge in [0.1, 0.15) is 0 Å². The molecule has 1 aromatic rings. The summed E-state index contributed by atoms with van der Waals surface area (Å²) in [5.74, 6) is 1.73. The van der Waals surface area contributed by atoms with Crippen LogP contribution in [0.5, 0.6) is 11.5 Å². The maximum Gasteiger partial charge on any atom is 0.223 e. The number of methoxy groups -OCH3 is 2. The van der Waals surface area contributed by atoms with Crippen molar-refractivity contribution in [3.8, 4) is 11.5 Å². The molecule has 0 bridgehead atoms. The Kier molecular flexibility index (Phi) is 6.71. The number of nitrogens with two attached hydrogens (primary N) is 1. The second-order valence-corrected chi connectivity index (χ2v) is 6.21. The Bertz CT molecular complexity index is 519. The van der Waals surface area contributed by atoms with Crippen LogP contribution in [0.25, 0.3) is 0 Å². The molecule has 2 atom stereocenters. The van der Waals surface area contributed by atoms with Gasteiger partial charge in [-0.25, -0.2) is 0 Å². The molecular formula is C18H28N2O3. The van der Waals surface area contributed by atoms with Gasteiger partial charge in [-0.1, -0.05) is 12.5 Å². The van der Waals surface area contributed by atoms with Gasteiger partial charge >= 0.3 is 0 Å². The Morgan fingerprint density at radius 2 is 2.04 bits per heavy atom. The van der Waals surface area contributed by atoms with Crippen molar-refractivity contribution in [2.75, 3.05) is 20.8 Å². The van der Waals surface area contributed by atoms with E-state index >= 15 is 0 Å². The highest BCUT2D eigenvalue weighted by molar-refractivity contribution is 5.78. The molecule has 1 amide bonds. The number of ether oxygens (including phenoxy) is 2. The molecule has 1 aliphatic rings. The van der Waals surface area contributed by atoms with E-state index in [0.29, 0.717) is 6.54 Å². The predicted octanol–water partition coefficient (Wildman–Crippen LogP) is 2.27. The number of rotatable bonds is 7. The number of nitrogens with one attached hydrogen (secondary N) is 1. The molecule has 2 rings (SSSR count). The van der Waals surface area contributed by atoms with E-state index in [-0.39, 0.29) is 17.9 Å². The fraction of sp³-hybridized carbons (Fsp3) is 0.611. The molecule has 1 aromatic carbocycles. The summed E-state index contributed by atoms with van der Waals surface area (Å²) in [5.41, 5.74) is 7.12. The van der Waals surface area contributed by atoms with E-state index in [1.54, 1.807) is 14.2 Å². The van der Waals surface area contributed by atoms with Gasteiger partial charge in [0, 0.05) is 18.5 Å². The summed E-state index contributed by atoms with van der Waals surface area (Å²) in [6.45, 7) is 0.693. The Labute approximate surface area is 138 Å². The van der Waals surface area contributed by atoms with Gasteiger partial charge in [0.15, 0.2) is 11.5 Å². The summed E-state index contributed by atoms with van der Waals surface area (Å²) in [5, 5.41) is 3.04. The van der Waals surface area contributed by atoms with Gasteiger partial charge < -0.3 is 20.5 Å². The zero-order valence-electron chi connectivity index (χ0n) is 14.1. The van der Waals surface area contributed by atoms with Gasteiger partial charge in [0.2, 0.25) is 5.91 Å². The summed E-state index contributed by atoms with van der Waals surface area (Å²) < 4.78 is 10.5. The van der Waals surface area contributed by atoms with Crippen LogP contribution >= 0.6 is 0 Å². The highest BCUT2D eigenvalue weighted by atomic mass is 16.5. The summed E-state index contributed by atoms with van der Waals surface area (Å²) in [4.78, 5) is 12.1. The Balaban J connectivity index is 1.73. The molecular weight excluding hydrogens is 292 g/mol. The van der Waals surface area contributed by atoms with Gasteiger partial charge in [-0.3, -0.25) is 4.79 Å². The normalized spacial score (nSPS) is 20.8. The molecule has 0 spiro atoms. The Morgan fingerprint density at radius 3 is 2.74 bits per heavy atom. The average molecular weight is 320 g/mol. The maximum absolute atomic E-state index is 12.1. The first kappa shape index (κ1) is 17.6. The zero-order chi connectivity index (χ0) is 16.7. The largest absolute Gasteiger partial charge is 0.493 e. The lowest BCUT2D eigenvalue weighted by atomic mass is 9.85. The number of carbonyl (C=O) groups is 1. The van der Waals surface area contributed by atoms with E-state index in [4.69, 9.17) is 15.2 Å². The van der Waals surface area contributed by atoms with Gasteiger partial charge in [-0.05, 0) is 49.8 Å². The van der Waals surface area contributed by atoms with Crippen LogP contribution in [0.3, 0.4) is 0 Å². The molecule has 5 heteroatoms. The fourth-order valence-electron chi connectivity index (χ4n) is 3.15. The van der Waals surface area contributed by atoms with Crippen LogP contribution in [0.2, 0.25) is 0 Å². The zero-order valence-corrected chi connectivity index (χ0v) is 14.1. The minimum Gasteiger partial charge on any atom is -0.493 e. The van der Waals surface area contributed by atoms with Gasteiger partial charge in [-0.15, -0.1) is 0 Å². The molecule has 0 aromatic heterocycles.